The third-order valence-corrected chi connectivity index (χ3v) is 4.06. The van der Waals surface area contributed by atoms with Gasteiger partial charge < -0.3 is 5.11 Å². The normalized spacial score (nSPS) is 25.6. The molecule has 2 nitrogen and oxygen atoms in total. The average molecular weight is 278 g/mol. The molecule has 106 valence electrons. The van der Waals surface area contributed by atoms with Gasteiger partial charge in [0.25, 0.3) is 0 Å². The first-order valence-corrected chi connectivity index (χ1v) is 7.24. The second-order valence-corrected chi connectivity index (χ2v) is 5.47. The zero-order chi connectivity index (χ0) is 14.7. The molecule has 0 aromatic heterocycles. The van der Waals surface area contributed by atoms with Crippen LogP contribution in [0.2, 0.25) is 0 Å². The summed E-state index contributed by atoms with van der Waals surface area (Å²) in [5.41, 5.74) is 2.07. The van der Waals surface area contributed by atoms with Crippen LogP contribution in [0.1, 0.15) is 23.5 Å². The van der Waals surface area contributed by atoms with Gasteiger partial charge in [-0.1, -0.05) is 72.8 Å². The van der Waals surface area contributed by atoms with Crippen LogP contribution < -0.4 is 0 Å². The molecule has 1 aliphatic carbocycles. The fourth-order valence-electron chi connectivity index (χ4n) is 3.00. The number of carbonyl (C=O) groups is 1. The smallest absolute Gasteiger partial charge is 0.143 e. The molecule has 0 bridgehead atoms. The molecule has 21 heavy (non-hydrogen) atoms. The van der Waals surface area contributed by atoms with Crippen LogP contribution >= 0.6 is 0 Å². The topological polar surface area (TPSA) is 37.3 Å². The van der Waals surface area contributed by atoms with Crippen LogP contribution in [0, 0.1) is 5.92 Å². The van der Waals surface area contributed by atoms with Gasteiger partial charge in [0.15, 0.2) is 0 Å². The molecular weight excluding hydrogens is 260 g/mol. The van der Waals surface area contributed by atoms with E-state index in [2.05, 4.69) is 0 Å². The van der Waals surface area contributed by atoms with E-state index in [4.69, 9.17) is 0 Å². The standard InChI is InChI=1S/C19H18O2/c20-17-13-18(21)19(15-9-5-2-6-10-15)16(17)12-11-14-7-3-1-4-8-14/h1-12,16-17,19-20H,13H2/b12-11+/t16-,17+,19+/m1/s1. The SMILES string of the molecule is O=C1C[C@H](O)[C@@H](/C=C/c2ccccc2)[C@@H]1c1ccccc1. The zero-order valence-corrected chi connectivity index (χ0v) is 11.7. The Morgan fingerprint density at radius 3 is 2.24 bits per heavy atom. The molecular formula is C19H18O2. The number of hydrogen-bond donors (Lipinski definition) is 1. The Hall–Kier alpha value is -2.19. The predicted octanol–water partition coefficient (Wildman–Crippen LogP) is 3.43. The lowest BCUT2D eigenvalue weighted by Gasteiger charge is -2.17. The Morgan fingerprint density at radius 2 is 1.57 bits per heavy atom. The maximum Gasteiger partial charge on any atom is 0.143 e. The van der Waals surface area contributed by atoms with Crippen molar-refractivity contribution in [1.29, 1.82) is 0 Å². The highest BCUT2D eigenvalue weighted by atomic mass is 16.3. The van der Waals surface area contributed by atoms with Gasteiger partial charge in [0.1, 0.15) is 5.78 Å². The van der Waals surface area contributed by atoms with Crippen LogP contribution in [0.25, 0.3) is 6.08 Å². The van der Waals surface area contributed by atoms with Crippen molar-refractivity contribution in [2.45, 2.75) is 18.4 Å². The van der Waals surface area contributed by atoms with E-state index in [0.717, 1.165) is 11.1 Å². The van der Waals surface area contributed by atoms with Gasteiger partial charge in [-0.2, -0.15) is 0 Å². The lowest BCUT2D eigenvalue weighted by Crippen LogP contribution is -2.16. The number of hydrogen-bond acceptors (Lipinski definition) is 2. The molecule has 0 radical (unpaired) electrons. The number of aliphatic hydroxyl groups is 1. The van der Waals surface area contributed by atoms with Crippen molar-refractivity contribution < 1.29 is 9.90 Å². The summed E-state index contributed by atoms with van der Waals surface area (Å²) in [7, 11) is 0. The summed E-state index contributed by atoms with van der Waals surface area (Å²) >= 11 is 0. The molecule has 1 aliphatic rings. The summed E-state index contributed by atoms with van der Waals surface area (Å²) in [5.74, 6) is -0.266. The van der Waals surface area contributed by atoms with Gasteiger partial charge in [0.05, 0.1) is 12.0 Å². The molecule has 1 fully saturated rings. The summed E-state index contributed by atoms with van der Waals surface area (Å²) in [4.78, 5) is 12.2. The summed E-state index contributed by atoms with van der Waals surface area (Å²) in [5, 5.41) is 10.2. The lowest BCUT2D eigenvalue weighted by atomic mass is 9.87. The largest absolute Gasteiger partial charge is 0.392 e. The van der Waals surface area contributed by atoms with Crippen molar-refractivity contribution in [2.75, 3.05) is 0 Å². The Labute approximate surface area is 124 Å². The van der Waals surface area contributed by atoms with E-state index < -0.39 is 6.10 Å². The summed E-state index contributed by atoms with van der Waals surface area (Å²) in [6, 6.07) is 19.7. The molecule has 3 rings (SSSR count). The molecule has 0 spiro atoms. The summed E-state index contributed by atoms with van der Waals surface area (Å²) in [6.07, 6.45) is 3.61. The fraction of sp³-hybridized carbons (Fsp3) is 0.211. The highest BCUT2D eigenvalue weighted by Crippen LogP contribution is 2.38. The first-order valence-electron chi connectivity index (χ1n) is 7.24. The molecule has 0 saturated heterocycles. The van der Waals surface area contributed by atoms with E-state index >= 15 is 0 Å². The van der Waals surface area contributed by atoms with Crippen LogP contribution in [0.3, 0.4) is 0 Å². The molecule has 0 aliphatic heterocycles. The van der Waals surface area contributed by atoms with Crippen molar-refractivity contribution in [2.24, 2.45) is 5.92 Å². The van der Waals surface area contributed by atoms with E-state index in [0.29, 0.717) is 0 Å². The second kappa shape index (κ2) is 6.06. The van der Waals surface area contributed by atoms with E-state index in [1.807, 2.05) is 72.8 Å². The molecule has 0 heterocycles. The van der Waals surface area contributed by atoms with Crippen molar-refractivity contribution in [3.8, 4) is 0 Å². The Kier molecular flexibility index (Phi) is 3.98. The minimum Gasteiger partial charge on any atom is -0.392 e. The molecule has 2 aromatic carbocycles. The minimum atomic E-state index is -0.595. The minimum absolute atomic E-state index is 0.122. The van der Waals surface area contributed by atoms with Crippen LogP contribution in [-0.4, -0.2) is 17.0 Å². The van der Waals surface area contributed by atoms with Gasteiger partial charge in [-0.15, -0.1) is 0 Å². The third-order valence-electron chi connectivity index (χ3n) is 4.06. The van der Waals surface area contributed by atoms with Crippen LogP contribution in [0.5, 0.6) is 0 Å². The number of ketones is 1. The summed E-state index contributed by atoms with van der Waals surface area (Å²) in [6.45, 7) is 0. The first-order chi connectivity index (χ1) is 10.3. The number of Topliss-reactive ketones (excluding diaryl/α,β-unsaturated/α-hetero) is 1. The van der Waals surface area contributed by atoms with Gasteiger partial charge in [-0.25, -0.2) is 0 Å². The molecule has 1 N–H and O–H groups in total. The van der Waals surface area contributed by atoms with Gasteiger partial charge in [0.2, 0.25) is 0 Å². The zero-order valence-electron chi connectivity index (χ0n) is 11.7. The number of benzene rings is 2. The molecule has 2 heteroatoms. The van der Waals surface area contributed by atoms with Crippen molar-refractivity contribution >= 4 is 11.9 Å². The monoisotopic (exact) mass is 278 g/mol. The first kappa shape index (κ1) is 13.8. The summed E-state index contributed by atoms with van der Waals surface area (Å²) < 4.78 is 0. The lowest BCUT2D eigenvalue weighted by molar-refractivity contribution is -0.119. The quantitative estimate of drug-likeness (QED) is 0.934. The van der Waals surface area contributed by atoms with E-state index in [9.17, 15) is 9.90 Å². The van der Waals surface area contributed by atoms with E-state index in [1.54, 1.807) is 0 Å². The van der Waals surface area contributed by atoms with E-state index in [-0.39, 0.29) is 24.0 Å². The number of aliphatic hydroxyl groups excluding tert-OH is 1. The van der Waals surface area contributed by atoms with Crippen molar-refractivity contribution in [3.63, 3.8) is 0 Å². The number of rotatable bonds is 3. The van der Waals surface area contributed by atoms with Crippen LogP contribution in [0.4, 0.5) is 0 Å². The second-order valence-electron chi connectivity index (χ2n) is 5.47. The van der Waals surface area contributed by atoms with E-state index in [1.165, 1.54) is 0 Å². The third kappa shape index (κ3) is 2.96. The average Bonchev–Trinajstić information content (AvgIpc) is 2.81. The highest BCUT2D eigenvalue weighted by Gasteiger charge is 2.40. The maximum atomic E-state index is 12.2. The van der Waals surface area contributed by atoms with Gasteiger partial charge in [0, 0.05) is 12.3 Å². The Bertz CT molecular complexity index is 631. The fourth-order valence-corrected chi connectivity index (χ4v) is 3.00. The van der Waals surface area contributed by atoms with Crippen molar-refractivity contribution in [1.82, 2.24) is 0 Å². The number of carbonyl (C=O) groups excluding carboxylic acids is 1. The Morgan fingerprint density at radius 1 is 0.952 bits per heavy atom. The molecule has 2 aromatic rings. The predicted molar refractivity (Wildman–Crippen MR) is 83.8 cm³/mol. The highest BCUT2D eigenvalue weighted by molar-refractivity contribution is 5.89. The maximum absolute atomic E-state index is 12.2. The van der Waals surface area contributed by atoms with Crippen molar-refractivity contribution in [3.05, 3.63) is 77.9 Å². The van der Waals surface area contributed by atoms with Gasteiger partial charge in [-0.05, 0) is 11.1 Å². The van der Waals surface area contributed by atoms with Crippen LogP contribution in [-0.2, 0) is 4.79 Å². The molecule has 0 unspecified atom stereocenters. The van der Waals surface area contributed by atoms with Crippen LogP contribution in [0.15, 0.2) is 66.7 Å². The molecule has 3 atom stereocenters. The van der Waals surface area contributed by atoms with Gasteiger partial charge >= 0.3 is 0 Å². The molecule has 1 saturated carbocycles. The molecule has 0 amide bonds. The van der Waals surface area contributed by atoms with Gasteiger partial charge in [-0.3, -0.25) is 4.79 Å². The Balaban J connectivity index is 1.88.